The lowest BCUT2D eigenvalue weighted by molar-refractivity contribution is -0.113. The van der Waals surface area contributed by atoms with Crippen molar-refractivity contribution in [2.24, 2.45) is 0 Å². The molecule has 0 fully saturated rings. The van der Waals surface area contributed by atoms with E-state index < -0.39 is 38.1 Å². The molecular weight excluding hydrogens is 256 g/mol. The normalized spacial score (nSPS) is 13.3. The molecule has 0 aromatic carbocycles. The van der Waals surface area contributed by atoms with E-state index in [1.807, 2.05) is 0 Å². The predicted octanol–water partition coefficient (Wildman–Crippen LogP) is -2.09. The van der Waals surface area contributed by atoms with Gasteiger partial charge in [0, 0.05) is 0 Å². The van der Waals surface area contributed by atoms with Crippen molar-refractivity contribution in [1.82, 2.24) is 0 Å². The topological polar surface area (TPSA) is 152 Å². The van der Waals surface area contributed by atoms with Crippen LogP contribution in [-0.4, -0.2) is 71.7 Å². The molecule has 0 radical (unpaired) electrons. The summed E-state index contributed by atoms with van der Waals surface area (Å²) in [5, 5.41) is 34.0. The summed E-state index contributed by atoms with van der Waals surface area (Å²) in [5.74, 6) is 0. The van der Waals surface area contributed by atoms with Crippen molar-refractivity contribution < 1.29 is 49.0 Å². The molecule has 0 amide bonds. The Hall–Kier alpha value is -1.62. The summed E-state index contributed by atoms with van der Waals surface area (Å²) in [7, 11) is 0. The third kappa shape index (κ3) is 8.52. The van der Waals surface area contributed by atoms with E-state index in [1.165, 1.54) is 0 Å². The third-order valence-corrected chi connectivity index (χ3v) is 1.30. The minimum atomic E-state index is -1.69. The van der Waals surface area contributed by atoms with Crippen LogP contribution in [0.3, 0.4) is 0 Å². The summed E-state index contributed by atoms with van der Waals surface area (Å²) in [6.45, 7) is -2.34. The summed E-state index contributed by atoms with van der Waals surface area (Å²) in [4.78, 5) is 21.4. The van der Waals surface area contributed by atoms with Gasteiger partial charge in [0.25, 0.3) is 0 Å². The number of ether oxygens (including phenoxy) is 4. The van der Waals surface area contributed by atoms with Crippen molar-refractivity contribution in [2.45, 2.75) is 12.6 Å². The van der Waals surface area contributed by atoms with Crippen molar-refractivity contribution in [2.75, 3.05) is 26.4 Å². The van der Waals surface area contributed by atoms with E-state index in [1.54, 1.807) is 0 Å². The van der Waals surface area contributed by atoms with Crippen LogP contribution in [0.4, 0.5) is 9.59 Å². The molecule has 0 bridgehead atoms. The molecule has 106 valence electrons. The molecule has 10 nitrogen and oxygen atoms in total. The quantitative estimate of drug-likeness (QED) is 0.230. The van der Waals surface area contributed by atoms with Gasteiger partial charge >= 0.3 is 12.3 Å². The van der Waals surface area contributed by atoms with Gasteiger partial charge in [0.1, 0.15) is 26.4 Å². The fourth-order valence-corrected chi connectivity index (χ4v) is 0.615. The second-order valence-corrected chi connectivity index (χ2v) is 2.71. The molecule has 0 aliphatic carbocycles. The molecule has 0 aliphatic heterocycles. The van der Waals surface area contributed by atoms with Crippen LogP contribution in [0.1, 0.15) is 0 Å². The van der Waals surface area contributed by atoms with Crippen LogP contribution in [-0.2, 0) is 18.9 Å². The van der Waals surface area contributed by atoms with Gasteiger partial charge in [-0.05, 0) is 0 Å². The zero-order valence-electron chi connectivity index (χ0n) is 9.22. The van der Waals surface area contributed by atoms with E-state index in [2.05, 4.69) is 18.9 Å². The molecular formula is C8H14O10. The van der Waals surface area contributed by atoms with E-state index >= 15 is 0 Å². The zero-order valence-corrected chi connectivity index (χ0v) is 9.22. The summed E-state index contributed by atoms with van der Waals surface area (Å²) in [6, 6.07) is 0. The monoisotopic (exact) mass is 270 g/mol. The van der Waals surface area contributed by atoms with Crippen LogP contribution < -0.4 is 0 Å². The second kappa shape index (κ2) is 9.41. The fourth-order valence-electron chi connectivity index (χ4n) is 0.615. The van der Waals surface area contributed by atoms with Crippen LogP contribution >= 0.6 is 0 Å². The highest BCUT2D eigenvalue weighted by Crippen LogP contribution is 1.93. The van der Waals surface area contributed by atoms with E-state index in [-0.39, 0.29) is 13.2 Å². The van der Waals surface area contributed by atoms with Gasteiger partial charge in [-0.25, -0.2) is 9.59 Å². The number of carbonyl (C=O) groups is 2. The minimum absolute atomic E-state index is 0.388. The van der Waals surface area contributed by atoms with Crippen molar-refractivity contribution >= 4 is 12.3 Å². The van der Waals surface area contributed by atoms with Crippen molar-refractivity contribution in [1.29, 1.82) is 0 Å². The van der Waals surface area contributed by atoms with E-state index in [0.717, 1.165) is 0 Å². The average Bonchev–Trinajstić information content (AvgIpc) is 2.34. The first-order valence-corrected chi connectivity index (χ1v) is 4.74. The molecule has 0 rings (SSSR count). The smallest absolute Gasteiger partial charge is 0.431 e. The van der Waals surface area contributed by atoms with E-state index in [0.29, 0.717) is 0 Å². The lowest BCUT2D eigenvalue weighted by Gasteiger charge is -2.11. The Morgan fingerprint density at radius 1 is 0.833 bits per heavy atom. The molecule has 0 spiro atoms. The predicted molar refractivity (Wildman–Crippen MR) is 51.1 cm³/mol. The average molecular weight is 270 g/mol. The largest absolute Gasteiger partial charge is 0.510 e. The first-order chi connectivity index (χ1) is 8.49. The lowest BCUT2D eigenvalue weighted by Crippen LogP contribution is -2.24. The van der Waals surface area contributed by atoms with Gasteiger partial charge in [-0.2, -0.15) is 0 Å². The van der Waals surface area contributed by atoms with Gasteiger partial charge in [0.05, 0.1) is 0 Å². The van der Waals surface area contributed by atoms with Gasteiger partial charge in [0.2, 0.25) is 12.6 Å². The highest BCUT2D eigenvalue weighted by atomic mass is 16.8. The van der Waals surface area contributed by atoms with Crippen LogP contribution in [0.25, 0.3) is 0 Å². The third-order valence-electron chi connectivity index (χ3n) is 1.30. The Morgan fingerprint density at radius 3 is 1.44 bits per heavy atom. The number of hydrogen-bond acceptors (Lipinski definition) is 10. The first kappa shape index (κ1) is 16.4. The number of aliphatic hydroxyl groups is 4. The van der Waals surface area contributed by atoms with Crippen LogP contribution in [0.15, 0.2) is 0 Å². The Labute approximate surface area is 101 Å². The van der Waals surface area contributed by atoms with Crippen molar-refractivity contribution in [3.8, 4) is 0 Å². The second-order valence-electron chi connectivity index (χ2n) is 2.71. The highest BCUT2D eigenvalue weighted by Gasteiger charge is 2.13. The fraction of sp³-hybridized carbons (Fsp3) is 0.750. The summed E-state index contributed by atoms with van der Waals surface area (Å²) in [6.07, 6.45) is -5.90. The van der Waals surface area contributed by atoms with Crippen LogP contribution in [0, 0.1) is 0 Å². The molecule has 2 unspecified atom stereocenters. The molecule has 4 N–H and O–H groups in total. The van der Waals surface area contributed by atoms with Gasteiger partial charge in [-0.15, -0.1) is 0 Å². The number of carbonyl (C=O) groups excluding carboxylic acids is 2. The molecule has 0 aromatic heterocycles. The summed E-state index contributed by atoms with van der Waals surface area (Å²) >= 11 is 0. The molecule has 0 aliphatic rings. The van der Waals surface area contributed by atoms with Crippen molar-refractivity contribution in [3.63, 3.8) is 0 Å². The van der Waals surface area contributed by atoms with Gasteiger partial charge in [-0.1, -0.05) is 0 Å². The molecule has 0 saturated carbocycles. The number of hydrogen-bond donors (Lipinski definition) is 4. The van der Waals surface area contributed by atoms with Crippen LogP contribution in [0.5, 0.6) is 0 Å². The Kier molecular flexibility index (Phi) is 8.57. The molecule has 2 atom stereocenters. The summed E-state index contributed by atoms with van der Waals surface area (Å²) in [5.41, 5.74) is 0. The first-order valence-electron chi connectivity index (χ1n) is 4.74. The molecule has 0 heterocycles. The van der Waals surface area contributed by atoms with Gasteiger partial charge in [0.15, 0.2) is 0 Å². The molecule has 10 heteroatoms. The Balaban J connectivity index is 3.55. The maximum Gasteiger partial charge on any atom is 0.510 e. The Morgan fingerprint density at radius 2 is 1.17 bits per heavy atom. The molecule has 0 saturated heterocycles. The SMILES string of the molecule is O=C(OCCOC(=O)OC(O)CO)OC(O)CO. The number of aliphatic hydroxyl groups excluding tert-OH is 4. The number of rotatable bonds is 7. The zero-order chi connectivity index (χ0) is 14.0. The maximum atomic E-state index is 10.7. The standard InChI is InChI=1S/C8H14O10/c9-3-5(11)17-7(13)15-1-2-16-8(14)18-6(12)4-10/h5-6,9-12H,1-4H2. The Bertz CT molecular complexity index is 228. The van der Waals surface area contributed by atoms with Gasteiger partial charge < -0.3 is 39.4 Å². The maximum absolute atomic E-state index is 10.7. The molecule has 18 heavy (non-hydrogen) atoms. The van der Waals surface area contributed by atoms with Gasteiger partial charge in [-0.3, -0.25) is 0 Å². The highest BCUT2D eigenvalue weighted by molar-refractivity contribution is 5.60. The van der Waals surface area contributed by atoms with E-state index in [4.69, 9.17) is 20.4 Å². The summed E-state index contributed by atoms with van der Waals surface area (Å²) < 4.78 is 16.8. The van der Waals surface area contributed by atoms with E-state index in [9.17, 15) is 9.59 Å². The molecule has 0 aromatic rings. The minimum Gasteiger partial charge on any atom is -0.431 e. The van der Waals surface area contributed by atoms with Crippen molar-refractivity contribution in [3.05, 3.63) is 0 Å². The van der Waals surface area contributed by atoms with Crippen LogP contribution in [0.2, 0.25) is 0 Å². The lowest BCUT2D eigenvalue weighted by atomic mass is 10.7.